The predicted octanol–water partition coefficient (Wildman–Crippen LogP) is 3.16. The third kappa shape index (κ3) is 4.29. The maximum absolute atomic E-state index is 13.0. The Kier molecular flexibility index (Phi) is 6.35. The van der Waals surface area contributed by atoms with Crippen molar-refractivity contribution >= 4 is 21.8 Å². The van der Waals surface area contributed by atoms with Gasteiger partial charge >= 0.3 is 0 Å². The number of hydrogen-bond acceptors (Lipinski definition) is 5. The van der Waals surface area contributed by atoms with E-state index in [4.69, 9.17) is 4.74 Å². The molecule has 1 N–H and O–H groups in total. The lowest BCUT2D eigenvalue weighted by atomic mass is 9.81. The van der Waals surface area contributed by atoms with Crippen molar-refractivity contribution in [1.82, 2.24) is 9.62 Å². The zero-order chi connectivity index (χ0) is 22.9. The number of imide groups is 1. The fourth-order valence-corrected chi connectivity index (χ4v) is 6.00. The summed E-state index contributed by atoms with van der Waals surface area (Å²) >= 11 is 0. The molecular formula is C24H28N2O5S. The van der Waals surface area contributed by atoms with Gasteiger partial charge in [0, 0.05) is 12.1 Å². The van der Waals surface area contributed by atoms with Crippen molar-refractivity contribution in [3.8, 4) is 5.75 Å². The number of hydrogen-bond donors (Lipinski definition) is 1. The van der Waals surface area contributed by atoms with Gasteiger partial charge in [0.15, 0.2) is 0 Å². The molecule has 8 heteroatoms. The molecular weight excluding hydrogens is 428 g/mol. The zero-order valence-corrected chi connectivity index (χ0v) is 19.2. The molecule has 7 nitrogen and oxygen atoms in total. The molecule has 0 unspecified atom stereocenters. The monoisotopic (exact) mass is 456 g/mol. The van der Waals surface area contributed by atoms with Crippen LogP contribution in [-0.4, -0.2) is 32.2 Å². The number of benzene rings is 2. The van der Waals surface area contributed by atoms with Crippen molar-refractivity contribution < 1.29 is 22.7 Å². The van der Waals surface area contributed by atoms with Gasteiger partial charge in [-0.15, -0.1) is 0 Å². The van der Waals surface area contributed by atoms with Crippen LogP contribution in [0.15, 0.2) is 47.4 Å². The minimum Gasteiger partial charge on any atom is -0.496 e. The van der Waals surface area contributed by atoms with E-state index in [1.165, 1.54) is 12.0 Å². The van der Waals surface area contributed by atoms with Crippen LogP contribution in [0.1, 0.15) is 42.4 Å². The molecule has 32 heavy (non-hydrogen) atoms. The number of aryl methyl sites for hydroxylation is 1. The first-order chi connectivity index (χ1) is 15.3. The number of likely N-dealkylation sites (tertiary alicyclic amines) is 1. The summed E-state index contributed by atoms with van der Waals surface area (Å²) in [4.78, 5) is 27.0. The fraction of sp³-hybridized carbons (Fsp3) is 0.417. The summed E-state index contributed by atoms with van der Waals surface area (Å²) in [6, 6.07) is 12.3. The lowest BCUT2D eigenvalue weighted by Crippen LogP contribution is -2.30. The maximum atomic E-state index is 13.0. The lowest BCUT2D eigenvalue weighted by Gasteiger charge is -2.19. The Balaban J connectivity index is 1.53. The molecule has 170 valence electrons. The largest absolute Gasteiger partial charge is 0.496 e. The molecule has 4 rings (SSSR count). The molecule has 0 aromatic heterocycles. The van der Waals surface area contributed by atoms with Gasteiger partial charge in [0.1, 0.15) is 5.75 Å². The molecule has 0 radical (unpaired) electrons. The van der Waals surface area contributed by atoms with Crippen molar-refractivity contribution in [2.24, 2.45) is 11.8 Å². The van der Waals surface area contributed by atoms with Gasteiger partial charge in [0.25, 0.3) is 0 Å². The van der Waals surface area contributed by atoms with Crippen LogP contribution in [0.25, 0.3) is 0 Å². The van der Waals surface area contributed by atoms with Gasteiger partial charge < -0.3 is 4.74 Å². The number of methoxy groups -OCH3 is 1. The van der Waals surface area contributed by atoms with E-state index in [0.29, 0.717) is 16.9 Å². The van der Waals surface area contributed by atoms with Gasteiger partial charge in [0.05, 0.1) is 30.4 Å². The van der Waals surface area contributed by atoms with E-state index in [9.17, 15) is 18.0 Å². The van der Waals surface area contributed by atoms with Crippen LogP contribution in [0.5, 0.6) is 5.75 Å². The van der Waals surface area contributed by atoms with E-state index in [0.717, 1.165) is 31.2 Å². The first-order valence-corrected chi connectivity index (χ1v) is 12.4. The van der Waals surface area contributed by atoms with Crippen LogP contribution in [0.2, 0.25) is 0 Å². The van der Waals surface area contributed by atoms with E-state index >= 15 is 0 Å². The molecule has 2 aromatic carbocycles. The molecule has 1 heterocycles. The van der Waals surface area contributed by atoms with E-state index < -0.39 is 10.0 Å². The van der Waals surface area contributed by atoms with Crippen molar-refractivity contribution in [2.45, 2.75) is 50.6 Å². The normalized spacial score (nSPS) is 21.0. The van der Waals surface area contributed by atoms with Crippen LogP contribution in [-0.2, 0) is 32.7 Å². The van der Waals surface area contributed by atoms with Crippen LogP contribution >= 0.6 is 0 Å². The molecule has 1 aliphatic carbocycles. The summed E-state index contributed by atoms with van der Waals surface area (Å²) < 4.78 is 34.0. The maximum Gasteiger partial charge on any atom is 0.241 e. The third-order valence-electron chi connectivity index (χ3n) is 6.46. The van der Waals surface area contributed by atoms with Gasteiger partial charge in [-0.25, -0.2) is 13.1 Å². The molecule has 2 aromatic rings. The highest BCUT2D eigenvalue weighted by molar-refractivity contribution is 7.89. The molecule has 2 amide bonds. The van der Waals surface area contributed by atoms with Gasteiger partial charge in [-0.3, -0.25) is 14.5 Å². The number of ether oxygens (including phenoxy) is 1. The lowest BCUT2D eigenvalue weighted by molar-refractivity contribution is -0.140. The van der Waals surface area contributed by atoms with E-state index in [-0.39, 0.29) is 41.6 Å². The van der Waals surface area contributed by atoms with Crippen LogP contribution < -0.4 is 9.46 Å². The highest BCUT2D eigenvalue weighted by Crippen LogP contribution is 2.38. The first-order valence-electron chi connectivity index (χ1n) is 10.9. The summed E-state index contributed by atoms with van der Waals surface area (Å²) in [6.07, 6.45) is 3.45. The second-order valence-corrected chi connectivity index (χ2v) is 10.2. The fourth-order valence-electron chi connectivity index (χ4n) is 4.70. The highest BCUT2D eigenvalue weighted by atomic mass is 32.2. The van der Waals surface area contributed by atoms with Crippen molar-refractivity contribution in [3.63, 3.8) is 0 Å². The quantitative estimate of drug-likeness (QED) is 0.646. The summed E-state index contributed by atoms with van der Waals surface area (Å²) in [5.74, 6) is -0.0778. The van der Waals surface area contributed by atoms with Gasteiger partial charge in [-0.05, 0) is 43.0 Å². The molecule has 2 fully saturated rings. The number of fused-ring (bicyclic) bond motifs is 1. The SMILES string of the molecule is COc1ccccc1CNS(=O)(=O)c1cc(CN2C(=O)[C@H]3CCCC[C@H]3C2=O)ccc1C. The summed E-state index contributed by atoms with van der Waals surface area (Å²) in [6.45, 7) is 1.91. The molecule has 1 saturated heterocycles. The average Bonchev–Trinajstić information content (AvgIpc) is 3.04. The summed E-state index contributed by atoms with van der Waals surface area (Å²) in [5.41, 5.74) is 1.94. The number of nitrogens with one attached hydrogen (secondary N) is 1. The number of para-hydroxylation sites is 1. The smallest absolute Gasteiger partial charge is 0.241 e. The standard InChI is InChI=1S/C24H28N2O5S/c1-16-11-12-17(15-26-23(27)19-8-4-5-9-20(19)24(26)28)13-22(16)32(29,30)25-14-18-7-3-6-10-21(18)31-2/h3,6-7,10-13,19-20,25H,4-5,8-9,14-15H2,1-2H3/t19-,20+. The highest BCUT2D eigenvalue weighted by Gasteiger charge is 2.47. The van der Waals surface area contributed by atoms with Gasteiger partial charge in [0.2, 0.25) is 21.8 Å². The summed E-state index contributed by atoms with van der Waals surface area (Å²) in [7, 11) is -2.27. The Morgan fingerprint density at radius 2 is 1.69 bits per heavy atom. The van der Waals surface area contributed by atoms with Crippen LogP contribution in [0.4, 0.5) is 0 Å². The Morgan fingerprint density at radius 1 is 1.03 bits per heavy atom. The molecule has 1 saturated carbocycles. The number of amides is 2. The minimum absolute atomic E-state index is 0.0858. The average molecular weight is 457 g/mol. The Bertz CT molecular complexity index is 1120. The Labute approximate surface area is 188 Å². The molecule has 0 bridgehead atoms. The van der Waals surface area contributed by atoms with Crippen molar-refractivity contribution in [3.05, 3.63) is 59.2 Å². The molecule has 2 aliphatic rings. The van der Waals surface area contributed by atoms with E-state index in [1.54, 1.807) is 37.3 Å². The van der Waals surface area contributed by atoms with Crippen LogP contribution in [0.3, 0.4) is 0 Å². The Hall–Kier alpha value is -2.71. The topological polar surface area (TPSA) is 92.8 Å². The van der Waals surface area contributed by atoms with Crippen molar-refractivity contribution in [2.75, 3.05) is 7.11 Å². The van der Waals surface area contributed by atoms with E-state index in [2.05, 4.69) is 4.72 Å². The number of nitrogens with zero attached hydrogens (tertiary/aromatic N) is 1. The first kappa shape index (κ1) is 22.5. The summed E-state index contributed by atoms with van der Waals surface area (Å²) in [5, 5.41) is 0. The zero-order valence-electron chi connectivity index (χ0n) is 18.3. The number of rotatable bonds is 7. The third-order valence-corrected chi connectivity index (χ3v) is 8.00. The van der Waals surface area contributed by atoms with Crippen LogP contribution in [0, 0.1) is 18.8 Å². The minimum atomic E-state index is -3.81. The molecule has 2 atom stereocenters. The number of carbonyl (C=O) groups excluding carboxylic acids is 2. The Morgan fingerprint density at radius 3 is 2.34 bits per heavy atom. The van der Waals surface area contributed by atoms with E-state index in [1.807, 2.05) is 12.1 Å². The van der Waals surface area contributed by atoms with Crippen molar-refractivity contribution in [1.29, 1.82) is 0 Å². The van der Waals surface area contributed by atoms with Gasteiger partial charge in [-0.1, -0.05) is 43.2 Å². The second-order valence-electron chi connectivity index (χ2n) is 8.50. The number of carbonyl (C=O) groups is 2. The molecule has 0 spiro atoms. The van der Waals surface area contributed by atoms with Gasteiger partial charge in [-0.2, -0.15) is 0 Å². The predicted molar refractivity (Wildman–Crippen MR) is 119 cm³/mol. The molecule has 1 aliphatic heterocycles. The number of sulfonamides is 1. The second kappa shape index (κ2) is 9.03.